The van der Waals surface area contributed by atoms with Crippen molar-refractivity contribution in [3.63, 3.8) is 0 Å². The number of fused-ring (bicyclic) bond motifs is 1. The Hall–Kier alpha value is -1.90. The van der Waals surface area contributed by atoms with Gasteiger partial charge in [-0.3, -0.25) is 14.6 Å². The fourth-order valence-corrected chi connectivity index (χ4v) is 4.97. The molecule has 1 saturated heterocycles. The largest absolute Gasteiger partial charge is 0.484 e. The highest BCUT2D eigenvalue weighted by atomic mass is 35.5. The molecular weight excluding hydrogens is 469 g/mol. The zero-order valence-electron chi connectivity index (χ0n) is 18.2. The van der Waals surface area contributed by atoms with Crippen molar-refractivity contribution in [3.8, 4) is 5.75 Å². The van der Waals surface area contributed by atoms with Crippen molar-refractivity contribution in [1.82, 2.24) is 9.88 Å². The van der Waals surface area contributed by atoms with Gasteiger partial charge in [-0.05, 0) is 43.7 Å². The van der Waals surface area contributed by atoms with Crippen LogP contribution >= 0.6 is 35.3 Å². The number of anilines is 1. The minimum absolute atomic E-state index is 0. The fourth-order valence-electron chi connectivity index (χ4n) is 3.51. The number of nitrogens with zero attached hydrogens (tertiary/aromatic N) is 3. The molecule has 0 aliphatic carbocycles. The summed E-state index contributed by atoms with van der Waals surface area (Å²) >= 11 is 7.71. The smallest absolute Gasteiger partial charge is 0.266 e. The summed E-state index contributed by atoms with van der Waals surface area (Å²) in [5.74, 6) is 0.565. The molecule has 0 N–H and O–H groups in total. The second kappa shape index (κ2) is 11.3. The lowest BCUT2D eigenvalue weighted by Gasteiger charge is -2.29. The second-order valence-electron chi connectivity index (χ2n) is 7.67. The zero-order chi connectivity index (χ0) is 21.8. The lowest BCUT2D eigenvalue weighted by Crippen LogP contribution is -2.44. The number of morpholine rings is 1. The molecule has 3 aromatic rings. The van der Waals surface area contributed by atoms with Gasteiger partial charge in [-0.25, -0.2) is 4.98 Å². The van der Waals surface area contributed by atoms with Crippen molar-refractivity contribution in [2.75, 3.05) is 50.9 Å². The summed E-state index contributed by atoms with van der Waals surface area (Å²) in [7, 11) is 0. The van der Waals surface area contributed by atoms with E-state index in [0.717, 1.165) is 54.2 Å². The van der Waals surface area contributed by atoms with Crippen molar-refractivity contribution >= 4 is 56.6 Å². The summed E-state index contributed by atoms with van der Waals surface area (Å²) in [4.78, 5) is 22.0. The Bertz CT molecular complexity index is 1050. The van der Waals surface area contributed by atoms with Gasteiger partial charge in [0.25, 0.3) is 5.91 Å². The highest BCUT2D eigenvalue weighted by Gasteiger charge is 2.22. The number of thiazole rings is 1. The molecule has 32 heavy (non-hydrogen) atoms. The van der Waals surface area contributed by atoms with E-state index in [1.807, 2.05) is 50.2 Å². The number of amides is 1. The average molecular weight is 496 g/mol. The van der Waals surface area contributed by atoms with E-state index < -0.39 is 0 Å². The van der Waals surface area contributed by atoms with Gasteiger partial charge >= 0.3 is 0 Å². The van der Waals surface area contributed by atoms with Crippen LogP contribution in [0.25, 0.3) is 10.2 Å². The molecule has 1 aromatic heterocycles. The second-order valence-corrected chi connectivity index (χ2v) is 9.11. The molecule has 1 fully saturated rings. The van der Waals surface area contributed by atoms with Crippen molar-refractivity contribution < 1.29 is 14.3 Å². The van der Waals surface area contributed by atoms with Crippen LogP contribution in [0, 0.1) is 13.8 Å². The Labute approximate surface area is 203 Å². The highest BCUT2D eigenvalue weighted by Crippen LogP contribution is 2.33. The fraction of sp³-hybridized carbons (Fsp3) is 0.391. The molecule has 0 spiro atoms. The molecule has 0 atom stereocenters. The molecule has 0 bridgehead atoms. The summed E-state index contributed by atoms with van der Waals surface area (Å²) in [6, 6.07) is 11.5. The van der Waals surface area contributed by atoms with Gasteiger partial charge in [-0.2, -0.15) is 0 Å². The highest BCUT2D eigenvalue weighted by molar-refractivity contribution is 7.22. The lowest BCUT2D eigenvalue weighted by atomic mass is 10.2. The topological polar surface area (TPSA) is 54.9 Å². The van der Waals surface area contributed by atoms with E-state index in [-0.39, 0.29) is 24.9 Å². The molecule has 2 aromatic carbocycles. The van der Waals surface area contributed by atoms with Crippen LogP contribution in [0.2, 0.25) is 5.02 Å². The van der Waals surface area contributed by atoms with Crippen LogP contribution < -0.4 is 9.64 Å². The molecule has 4 rings (SSSR count). The molecule has 1 aliphatic rings. The molecule has 6 nitrogen and oxygen atoms in total. The third-order valence-electron chi connectivity index (χ3n) is 5.30. The number of hydrogen-bond donors (Lipinski definition) is 0. The first-order valence-corrected chi connectivity index (χ1v) is 11.6. The van der Waals surface area contributed by atoms with E-state index in [4.69, 9.17) is 26.1 Å². The van der Waals surface area contributed by atoms with Gasteiger partial charge in [0.15, 0.2) is 11.7 Å². The predicted molar refractivity (Wildman–Crippen MR) is 133 cm³/mol. The van der Waals surface area contributed by atoms with E-state index >= 15 is 0 Å². The van der Waals surface area contributed by atoms with Crippen LogP contribution in [0.4, 0.5) is 5.13 Å². The molecule has 1 amide bonds. The molecular formula is C23H27Cl2N3O3S. The predicted octanol–water partition coefficient (Wildman–Crippen LogP) is 4.73. The molecule has 2 heterocycles. The van der Waals surface area contributed by atoms with Crippen molar-refractivity contribution in [2.45, 2.75) is 13.8 Å². The Balaban J connectivity index is 0.00000289. The van der Waals surface area contributed by atoms with Gasteiger partial charge < -0.3 is 9.47 Å². The van der Waals surface area contributed by atoms with Crippen LogP contribution in [0.3, 0.4) is 0 Å². The van der Waals surface area contributed by atoms with Gasteiger partial charge in [-0.15, -0.1) is 12.4 Å². The van der Waals surface area contributed by atoms with Gasteiger partial charge in [-0.1, -0.05) is 40.6 Å². The van der Waals surface area contributed by atoms with Gasteiger partial charge in [0.1, 0.15) is 5.75 Å². The number of carbonyl (C=O) groups is 1. The SMILES string of the molecule is Cc1ccc(OCC(=O)N(CCN2CCOCC2)c2nc3c(C)cc(Cl)cc3s2)cc1.Cl. The molecule has 9 heteroatoms. The summed E-state index contributed by atoms with van der Waals surface area (Å²) in [5, 5.41) is 1.35. The first-order valence-electron chi connectivity index (χ1n) is 10.4. The van der Waals surface area contributed by atoms with Crippen LogP contribution in [0.5, 0.6) is 5.75 Å². The van der Waals surface area contributed by atoms with E-state index in [2.05, 4.69) is 4.90 Å². The maximum Gasteiger partial charge on any atom is 0.266 e. The Morgan fingerprint density at radius 3 is 2.66 bits per heavy atom. The first kappa shape index (κ1) is 24.7. The number of aromatic nitrogens is 1. The summed E-state index contributed by atoms with van der Waals surface area (Å²) in [5.41, 5.74) is 3.03. The number of aryl methyl sites for hydroxylation is 2. The monoisotopic (exact) mass is 495 g/mol. The molecule has 0 unspecified atom stereocenters. The molecule has 0 radical (unpaired) electrons. The molecule has 172 valence electrons. The van der Waals surface area contributed by atoms with E-state index in [1.165, 1.54) is 11.3 Å². The minimum Gasteiger partial charge on any atom is -0.484 e. The molecule has 0 saturated carbocycles. The van der Waals surface area contributed by atoms with Crippen LogP contribution in [-0.4, -0.2) is 61.8 Å². The number of hydrogen-bond acceptors (Lipinski definition) is 6. The Morgan fingerprint density at radius 2 is 1.94 bits per heavy atom. The average Bonchev–Trinajstić information content (AvgIpc) is 3.18. The quantitative estimate of drug-likeness (QED) is 0.474. The molecule has 1 aliphatic heterocycles. The van der Waals surface area contributed by atoms with Crippen molar-refractivity contribution in [2.24, 2.45) is 0 Å². The van der Waals surface area contributed by atoms with Gasteiger partial charge in [0.2, 0.25) is 0 Å². The van der Waals surface area contributed by atoms with Gasteiger partial charge in [0.05, 0.1) is 23.4 Å². The van der Waals surface area contributed by atoms with E-state index in [0.29, 0.717) is 22.4 Å². The summed E-state index contributed by atoms with van der Waals surface area (Å²) < 4.78 is 12.2. The number of rotatable bonds is 7. The maximum atomic E-state index is 13.2. The third kappa shape index (κ3) is 6.11. The zero-order valence-corrected chi connectivity index (χ0v) is 20.6. The van der Waals surface area contributed by atoms with E-state index in [1.54, 1.807) is 4.90 Å². The first-order chi connectivity index (χ1) is 15.0. The number of benzene rings is 2. The standard InChI is InChI=1S/C23H26ClN3O3S.ClH/c1-16-3-5-19(6-4-16)30-15-21(28)27(8-7-26-9-11-29-12-10-26)23-25-22-17(2)13-18(24)14-20(22)31-23;/h3-6,13-14H,7-12,15H2,1-2H3;1H. The Morgan fingerprint density at radius 1 is 1.22 bits per heavy atom. The normalized spacial score (nSPS) is 14.2. The summed E-state index contributed by atoms with van der Waals surface area (Å²) in [6.07, 6.45) is 0. The number of ether oxygens (including phenoxy) is 2. The Kier molecular flexibility index (Phi) is 8.73. The minimum atomic E-state index is -0.114. The van der Waals surface area contributed by atoms with Gasteiger partial charge in [0, 0.05) is 31.2 Å². The van der Waals surface area contributed by atoms with Crippen LogP contribution in [0.1, 0.15) is 11.1 Å². The van der Waals surface area contributed by atoms with Crippen LogP contribution in [-0.2, 0) is 9.53 Å². The lowest BCUT2D eigenvalue weighted by molar-refractivity contribution is -0.120. The van der Waals surface area contributed by atoms with Crippen molar-refractivity contribution in [3.05, 3.63) is 52.5 Å². The van der Waals surface area contributed by atoms with E-state index in [9.17, 15) is 4.79 Å². The maximum absolute atomic E-state index is 13.2. The summed E-state index contributed by atoms with van der Waals surface area (Å²) in [6.45, 7) is 8.46. The third-order valence-corrected chi connectivity index (χ3v) is 6.54. The van der Waals surface area contributed by atoms with Crippen molar-refractivity contribution in [1.29, 1.82) is 0 Å². The number of carbonyl (C=O) groups excluding carboxylic acids is 1. The number of halogens is 2. The van der Waals surface area contributed by atoms with Crippen LogP contribution in [0.15, 0.2) is 36.4 Å².